The van der Waals surface area contributed by atoms with Gasteiger partial charge in [0.1, 0.15) is 5.37 Å². The van der Waals surface area contributed by atoms with Crippen LogP contribution < -0.4 is 5.32 Å². The van der Waals surface area contributed by atoms with Crippen LogP contribution in [0.5, 0.6) is 0 Å². The minimum atomic E-state index is -0.0742. The molecule has 0 aliphatic carbocycles. The minimum Gasteiger partial charge on any atom is -0.334 e. The van der Waals surface area contributed by atoms with Gasteiger partial charge in [0.15, 0.2) is 0 Å². The van der Waals surface area contributed by atoms with Gasteiger partial charge in [-0.25, -0.2) is 4.79 Å². The van der Waals surface area contributed by atoms with Crippen LogP contribution >= 0.6 is 35.0 Å². The normalized spacial score (nSPS) is 17.3. The zero-order valence-electron chi connectivity index (χ0n) is 12.3. The maximum Gasteiger partial charge on any atom is 0.318 e. The summed E-state index contributed by atoms with van der Waals surface area (Å²) in [6.45, 7) is 1.22. The van der Waals surface area contributed by atoms with Crippen molar-refractivity contribution in [3.05, 3.63) is 69.7 Å². The predicted molar refractivity (Wildman–Crippen MR) is 97.0 cm³/mol. The Balaban J connectivity index is 1.69. The fourth-order valence-electron chi connectivity index (χ4n) is 2.51. The lowest BCUT2D eigenvalue weighted by Crippen LogP contribution is -2.39. The van der Waals surface area contributed by atoms with Crippen LogP contribution in [-0.2, 0) is 6.54 Å². The van der Waals surface area contributed by atoms with Gasteiger partial charge in [0.2, 0.25) is 0 Å². The third kappa shape index (κ3) is 3.94. The molecule has 1 atom stereocenters. The van der Waals surface area contributed by atoms with Crippen molar-refractivity contribution in [1.82, 2.24) is 10.2 Å². The number of hydrogen-bond acceptors (Lipinski definition) is 2. The molecule has 2 amide bonds. The molecule has 6 heteroatoms. The summed E-state index contributed by atoms with van der Waals surface area (Å²) in [6, 6.07) is 15.2. The molecule has 3 nitrogen and oxygen atoms in total. The number of hydrogen-bond donors (Lipinski definition) is 1. The number of carbonyl (C=O) groups is 1. The fourth-order valence-corrected chi connectivity index (χ4v) is 4.38. The van der Waals surface area contributed by atoms with Crippen molar-refractivity contribution < 1.29 is 4.79 Å². The van der Waals surface area contributed by atoms with Crippen molar-refractivity contribution in [3.8, 4) is 0 Å². The van der Waals surface area contributed by atoms with E-state index in [1.54, 1.807) is 17.8 Å². The number of nitrogens with zero attached hydrogens (tertiary/aromatic N) is 1. The molecular formula is C17H16Cl2N2OS. The van der Waals surface area contributed by atoms with Gasteiger partial charge in [0.05, 0.1) is 0 Å². The van der Waals surface area contributed by atoms with E-state index in [2.05, 4.69) is 5.32 Å². The molecule has 1 aliphatic rings. The highest BCUT2D eigenvalue weighted by molar-refractivity contribution is 7.99. The monoisotopic (exact) mass is 366 g/mol. The Morgan fingerprint density at radius 2 is 2.00 bits per heavy atom. The molecule has 0 bridgehead atoms. The quantitative estimate of drug-likeness (QED) is 0.833. The molecule has 120 valence electrons. The Bertz CT molecular complexity index is 696. The molecule has 23 heavy (non-hydrogen) atoms. The van der Waals surface area contributed by atoms with E-state index in [9.17, 15) is 4.79 Å². The molecule has 1 saturated heterocycles. The zero-order valence-corrected chi connectivity index (χ0v) is 14.7. The van der Waals surface area contributed by atoms with Crippen LogP contribution in [0.25, 0.3) is 0 Å². The molecule has 0 aromatic heterocycles. The molecular weight excluding hydrogens is 351 g/mol. The lowest BCUT2D eigenvalue weighted by atomic mass is 10.2. The fraction of sp³-hybridized carbons (Fsp3) is 0.235. The number of amides is 2. The van der Waals surface area contributed by atoms with E-state index >= 15 is 0 Å². The average Bonchev–Trinajstić information content (AvgIpc) is 3.03. The van der Waals surface area contributed by atoms with Crippen LogP contribution in [0.4, 0.5) is 4.79 Å². The number of urea groups is 1. The van der Waals surface area contributed by atoms with Gasteiger partial charge in [0.25, 0.3) is 0 Å². The molecule has 1 heterocycles. The van der Waals surface area contributed by atoms with E-state index in [-0.39, 0.29) is 11.4 Å². The van der Waals surface area contributed by atoms with Crippen LogP contribution in [0.15, 0.2) is 48.5 Å². The maximum absolute atomic E-state index is 12.5. The van der Waals surface area contributed by atoms with Gasteiger partial charge in [0, 0.05) is 34.5 Å². The van der Waals surface area contributed by atoms with E-state index in [1.807, 2.05) is 47.4 Å². The molecule has 2 aromatic carbocycles. The van der Waals surface area contributed by atoms with Crippen LogP contribution in [0.1, 0.15) is 16.5 Å². The van der Waals surface area contributed by atoms with Gasteiger partial charge in [-0.05, 0) is 17.7 Å². The van der Waals surface area contributed by atoms with Gasteiger partial charge >= 0.3 is 6.03 Å². The molecule has 0 saturated carbocycles. The molecule has 3 rings (SSSR count). The number of rotatable bonds is 3. The first-order chi connectivity index (χ1) is 11.1. The Morgan fingerprint density at radius 3 is 2.74 bits per heavy atom. The van der Waals surface area contributed by atoms with Crippen molar-refractivity contribution in [2.75, 3.05) is 12.3 Å². The standard InChI is InChI=1S/C17H16Cl2N2OS/c18-13-6-7-14(15(19)10-13)16-21(8-9-23-16)17(22)20-11-12-4-2-1-3-5-12/h1-7,10,16H,8-9,11H2,(H,20,22)/t16-/m1/s1. The molecule has 1 N–H and O–H groups in total. The van der Waals surface area contributed by atoms with Crippen LogP contribution in [0.2, 0.25) is 10.0 Å². The summed E-state index contributed by atoms with van der Waals surface area (Å²) >= 11 is 14.0. The van der Waals surface area contributed by atoms with E-state index in [4.69, 9.17) is 23.2 Å². The van der Waals surface area contributed by atoms with E-state index < -0.39 is 0 Å². The first-order valence-electron chi connectivity index (χ1n) is 7.30. The Labute approximate surface area is 150 Å². The lowest BCUT2D eigenvalue weighted by molar-refractivity contribution is 0.200. The van der Waals surface area contributed by atoms with Crippen molar-refractivity contribution in [2.45, 2.75) is 11.9 Å². The minimum absolute atomic E-state index is 0.0736. The summed E-state index contributed by atoms with van der Waals surface area (Å²) < 4.78 is 0. The molecule has 0 radical (unpaired) electrons. The second kappa shape index (κ2) is 7.47. The van der Waals surface area contributed by atoms with Crippen LogP contribution in [-0.4, -0.2) is 23.2 Å². The number of thioether (sulfide) groups is 1. The van der Waals surface area contributed by atoms with Gasteiger partial charge in [-0.2, -0.15) is 0 Å². The zero-order chi connectivity index (χ0) is 16.2. The summed E-state index contributed by atoms with van der Waals surface area (Å²) in [5, 5.41) is 4.10. The highest BCUT2D eigenvalue weighted by Gasteiger charge is 2.31. The van der Waals surface area contributed by atoms with Crippen LogP contribution in [0, 0.1) is 0 Å². The second-order valence-corrected chi connectivity index (χ2v) is 7.26. The number of benzene rings is 2. The van der Waals surface area contributed by atoms with Gasteiger partial charge < -0.3 is 10.2 Å². The van der Waals surface area contributed by atoms with Gasteiger partial charge in [-0.3, -0.25) is 0 Å². The molecule has 2 aromatic rings. The summed E-state index contributed by atoms with van der Waals surface area (Å²) in [5.41, 5.74) is 2.00. The van der Waals surface area contributed by atoms with Gasteiger partial charge in [-0.1, -0.05) is 59.6 Å². The smallest absolute Gasteiger partial charge is 0.318 e. The van der Waals surface area contributed by atoms with Crippen molar-refractivity contribution in [3.63, 3.8) is 0 Å². The second-order valence-electron chi connectivity index (χ2n) is 5.23. The Hall–Kier alpha value is -1.36. The largest absolute Gasteiger partial charge is 0.334 e. The van der Waals surface area contributed by atoms with Crippen LogP contribution in [0.3, 0.4) is 0 Å². The Morgan fingerprint density at radius 1 is 1.22 bits per heavy atom. The molecule has 1 aliphatic heterocycles. The van der Waals surface area contributed by atoms with E-state index in [1.165, 1.54) is 0 Å². The molecule has 1 fully saturated rings. The maximum atomic E-state index is 12.5. The number of halogens is 2. The average molecular weight is 367 g/mol. The molecule has 0 spiro atoms. The van der Waals surface area contributed by atoms with E-state index in [0.717, 1.165) is 16.9 Å². The first-order valence-corrected chi connectivity index (χ1v) is 9.10. The molecule has 0 unspecified atom stereocenters. The summed E-state index contributed by atoms with van der Waals surface area (Å²) in [7, 11) is 0. The van der Waals surface area contributed by atoms with Crippen molar-refractivity contribution in [1.29, 1.82) is 0 Å². The first kappa shape index (κ1) is 16.5. The third-order valence-electron chi connectivity index (χ3n) is 3.67. The highest BCUT2D eigenvalue weighted by Crippen LogP contribution is 2.41. The summed E-state index contributed by atoms with van der Waals surface area (Å²) in [6.07, 6.45) is 0. The van der Waals surface area contributed by atoms with Crippen molar-refractivity contribution in [2.24, 2.45) is 0 Å². The van der Waals surface area contributed by atoms with Crippen molar-refractivity contribution >= 4 is 41.0 Å². The highest BCUT2D eigenvalue weighted by atomic mass is 35.5. The Kier molecular flexibility index (Phi) is 5.36. The number of carbonyl (C=O) groups excluding carboxylic acids is 1. The lowest BCUT2D eigenvalue weighted by Gasteiger charge is -2.25. The third-order valence-corrected chi connectivity index (χ3v) is 5.47. The summed E-state index contributed by atoms with van der Waals surface area (Å²) in [5.74, 6) is 0.891. The SMILES string of the molecule is O=C(NCc1ccccc1)N1CCS[C@@H]1c1ccc(Cl)cc1Cl. The number of nitrogens with one attached hydrogen (secondary N) is 1. The van der Waals surface area contributed by atoms with E-state index in [0.29, 0.717) is 23.1 Å². The predicted octanol–water partition coefficient (Wildman–Crippen LogP) is 4.95. The topological polar surface area (TPSA) is 32.3 Å². The van der Waals surface area contributed by atoms with Gasteiger partial charge in [-0.15, -0.1) is 11.8 Å². The summed E-state index contributed by atoms with van der Waals surface area (Å²) in [4.78, 5) is 14.3.